The van der Waals surface area contributed by atoms with Crippen LogP contribution in [0.5, 0.6) is 0 Å². The van der Waals surface area contributed by atoms with Gasteiger partial charge < -0.3 is 11.5 Å². The SMILES string of the molecule is NC(=O)c1cc(N)c(CF)cc1CF. The van der Waals surface area contributed by atoms with Crippen LogP contribution in [0.4, 0.5) is 14.5 Å². The third kappa shape index (κ3) is 1.81. The minimum atomic E-state index is -0.869. The Kier molecular flexibility index (Phi) is 3.01. The summed E-state index contributed by atoms with van der Waals surface area (Å²) in [6.07, 6.45) is 0. The number of primary amides is 1. The Bertz CT molecular complexity index is 366. The first kappa shape index (κ1) is 10.4. The third-order valence-electron chi connectivity index (χ3n) is 1.92. The van der Waals surface area contributed by atoms with Gasteiger partial charge in [0.25, 0.3) is 0 Å². The van der Waals surface area contributed by atoms with Crippen LogP contribution in [-0.4, -0.2) is 5.91 Å². The number of alkyl halides is 2. The van der Waals surface area contributed by atoms with E-state index < -0.39 is 19.3 Å². The van der Waals surface area contributed by atoms with Crippen molar-refractivity contribution in [2.75, 3.05) is 5.73 Å². The molecule has 76 valence electrons. The van der Waals surface area contributed by atoms with Crippen LogP contribution >= 0.6 is 0 Å². The van der Waals surface area contributed by atoms with E-state index >= 15 is 0 Å². The van der Waals surface area contributed by atoms with Crippen molar-refractivity contribution in [2.24, 2.45) is 5.73 Å². The van der Waals surface area contributed by atoms with Gasteiger partial charge in [-0.2, -0.15) is 0 Å². The van der Waals surface area contributed by atoms with Gasteiger partial charge in [0.1, 0.15) is 13.3 Å². The number of rotatable bonds is 3. The average molecular weight is 200 g/mol. The van der Waals surface area contributed by atoms with E-state index in [9.17, 15) is 13.6 Å². The maximum Gasteiger partial charge on any atom is 0.249 e. The second kappa shape index (κ2) is 4.04. The molecule has 4 N–H and O–H groups in total. The summed E-state index contributed by atoms with van der Waals surface area (Å²) in [5, 5.41) is 0. The number of hydrogen-bond donors (Lipinski definition) is 2. The Hall–Kier alpha value is -1.65. The average Bonchev–Trinajstić information content (AvgIpc) is 2.17. The summed E-state index contributed by atoms with van der Waals surface area (Å²) in [4.78, 5) is 10.8. The van der Waals surface area contributed by atoms with Crippen LogP contribution in [-0.2, 0) is 13.3 Å². The number of nitrogen functional groups attached to an aromatic ring is 1. The fourth-order valence-electron chi connectivity index (χ4n) is 1.17. The zero-order valence-corrected chi connectivity index (χ0v) is 7.39. The number of halogens is 2. The topological polar surface area (TPSA) is 69.1 Å². The van der Waals surface area contributed by atoms with Crippen molar-refractivity contribution in [2.45, 2.75) is 13.3 Å². The standard InChI is InChI=1S/C9H10F2N2O/c10-3-5-1-6(4-11)8(12)2-7(5)9(13)14/h1-2H,3-4,12H2,(H2,13,14). The first-order valence-electron chi connectivity index (χ1n) is 3.93. The van der Waals surface area contributed by atoms with E-state index in [4.69, 9.17) is 11.5 Å². The van der Waals surface area contributed by atoms with Gasteiger partial charge in [-0.25, -0.2) is 8.78 Å². The van der Waals surface area contributed by atoms with Gasteiger partial charge in [-0.15, -0.1) is 0 Å². The van der Waals surface area contributed by atoms with E-state index in [2.05, 4.69) is 0 Å². The molecular weight excluding hydrogens is 190 g/mol. The van der Waals surface area contributed by atoms with E-state index in [-0.39, 0.29) is 22.4 Å². The molecule has 0 unspecified atom stereocenters. The number of nitrogens with two attached hydrogens (primary N) is 2. The molecular formula is C9H10F2N2O. The minimum absolute atomic E-state index is 0.00204. The highest BCUT2D eigenvalue weighted by molar-refractivity contribution is 5.95. The number of benzene rings is 1. The number of hydrogen-bond acceptors (Lipinski definition) is 2. The van der Waals surface area contributed by atoms with E-state index in [1.807, 2.05) is 0 Å². The second-order valence-electron chi connectivity index (χ2n) is 2.84. The van der Waals surface area contributed by atoms with Crippen molar-refractivity contribution >= 4 is 11.6 Å². The van der Waals surface area contributed by atoms with Crippen LogP contribution in [0, 0.1) is 0 Å². The summed E-state index contributed by atoms with van der Waals surface area (Å²) in [7, 11) is 0. The predicted octanol–water partition coefficient (Wildman–Crippen LogP) is 1.31. The van der Waals surface area contributed by atoms with Crippen LogP contribution < -0.4 is 11.5 Å². The molecule has 0 bridgehead atoms. The number of carbonyl (C=O) groups excluding carboxylic acids is 1. The van der Waals surface area contributed by atoms with Crippen molar-refractivity contribution in [3.05, 3.63) is 28.8 Å². The summed E-state index contributed by atoms with van der Waals surface area (Å²) >= 11 is 0. The van der Waals surface area contributed by atoms with Gasteiger partial charge in [0.15, 0.2) is 0 Å². The lowest BCUT2D eigenvalue weighted by atomic mass is 10.0. The molecule has 0 aliphatic carbocycles. The molecule has 0 spiro atoms. The number of anilines is 1. The quantitative estimate of drug-likeness (QED) is 0.722. The molecule has 0 saturated heterocycles. The molecule has 0 radical (unpaired) electrons. The first-order valence-corrected chi connectivity index (χ1v) is 3.93. The fraction of sp³-hybridized carbons (Fsp3) is 0.222. The molecule has 14 heavy (non-hydrogen) atoms. The van der Waals surface area contributed by atoms with Gasteiger partial charge in [0, 0.05) is 16.8 Å². The zero-order valence-electron chi connectivity index (χ0n) is 7.39. The van der Waals surface area contributed by atoms with Gasteiger partial charge in [0.05, 0.1) is 0 Å². The van der Waals surface area contributed by atoms with Crippen LogP contribution in [0.15, 0.2) is 12.1 Å². The van der Waals surface area contributed by atoms with Gasteiger partial charge in [0.2, 0.25) is 5.91 Å². The summed E-state index contributed by atoms with van der Waals surface area (Å²) in [6.45, 7) is -1.66. The molecule has 0 aromatic heterocycles. The van der Waals surface area contributed by atoms with Crippen molar-refractivity contribution in [1.29, 1.82) is 0 Å². The highest BCUT2D eigenvalue weighted by Gasteiger charge is 2.11. The highest BCUT2D eigenvalue weighted by atomic mass is 19.1. The van der Waals surface area contributed by atoms with Crippen LogP contribution in [0.25, 0.3) is 0 Å². The van der Waals surface area contributed by atoms with Crippen LogP contribution in [0.1, 0.15) is 21.5 Å². The lowest BCUT2D eigenvalue weighted by molar-refractivity contribution is 0.0998. The van der Waals surface area contributed by atoms with E-state index in [1.54, 1.807) is 0 Å². The summed E-state index contributed by atoms with van der Waals surface area (Å²) in [5.74, 6) is -0.769. The minimum Gasteiger partial charge on any atom is -0.398 e. The smallest absolute Gasteiger partial charge is 0.249 e. The van der Waals surface area contributed by atoms with Gasteiger partial charge >= 0.3 is 0 Å². The molecule has 0 aliphatic rings. The monoisotopic (exact) mass is 200 g/mol. The molecule has 3 nitrogen and oxygen atoms in total. The molecule has 5 heteroatoms. The normalized spacial score (nSPS) is 10.1. The molecule has 1 aromatic rings. The lowest BCUT2D eigenvalue weighted by Crippen LogP contribution is -2.14. The van der Waals surface area contributed by atoms with Gasteiger partial charge in [-0.05, 0) is 17.7 Å². The molecule has 1 rings (SSSR count). The molecule has 0 fully saturated rings. The highest BCUT2D eigenvalue weighted by Crippen LogP contribution is 2.20. The summed E-state index contributed by atoms with van der Waals surface area (Å²) < 4.78 is 24.7. The zero-order chi connectivity index (χ0) is 10.7. The molecule has 0 aliphatic heterocycles. The van der Waals surface area contributed by atoms with Crippen molar-refractivity contribution in [3.63, 3.8) is 0 Å². The van der Waals surface area contributed by atoms with Gasteiger partial charge in [-0.3, -0.25) is 4.79 Å². The Morgan fingerprint density at radius 2 is 1.79 bits per heavy atom. The molecule has 0 saturated carbocycles. The van der Waals surface area contributed by atoms with Crippen LogP contribution in [0.3, 0.4) is 0 Å². The Morgan fingerprint density at radius 1 is 1.21 bits per heavy atom. The largest absolute Gasteiger partial charge is 0.398 e. The first-order chi connectivity index (χ1) is 6.60. The van der Waals surface area contributed by atoms with Gasteiger partial charge in [-0.1, -0.05) is 0 Å². The predicted molar refractivity (Wildman–Crippen MR) is 49.0 cm³/mol. The van der Waals surface area contributed by atoms with Crippen molar-refractivity contribution < 1.29 is 13.6 Å². The van der Waals surface area contributed by atoms with E-state index in [0.29, 0.717) is 0 Å². The number of carbonyl (C=O) groups is 1. The van der Waals surface area contributed by atoms with Crippen molar-refractivity contribution in [1.82, 2.24) is 0 Å². The second-order valence-corrected chi connectivity index (χ2v) is 2.84. The Labute approximate surface area is 79.7 Å². The summed E-state index contributed by atoms with van der Waals surface area (Å²) in [6, 6.07) is 2.42. The van der Waals surface area contributed by atoms with E-state index in [0.717, 1.165) is 0 Å². The summed E-state index contributed by atoms with van der Waals surface area (Å²) in [5.41, 5.74) is 10.8. The molecule has 0 heterocycles. The van der Waals surface area contributed by atoms with Crippen molar-refractivity contribution in [3.8, 4) is 0 Å². The maximum absolute atomic E-state index is 12.4. The Morgan fingerprint density at radius 3 is 2.21 bits per heavy atom. The van der Waals surface area contributed by atoms with E-state index in [1.165, 1.54) is 12.1 Å². The molecule has 1 aromatic carbocycles. The maximum atomic E-state index is 12.4. The Balaban J connectivity index is 3.31. The lowest BCUT2D eigenvalue weighted by Gasteiger charge is -2.07. The third-order valence-corrected chi connectivity index (χ3v) is 1.92. The molecule has 1 amide bonds. The number of amides is 1. The molecule has 0 atom stereocenters. The fourth-order valence-corrected chi connectivity index (χ4v) is 1.17. The van der Waals surface area contributed by atoms with Crippen LogP contribution in [0.2, 0.25) is 0 Å².